The SMILES string of the molecule is [2H]CCCC.[2H]CCCCC. The molecular formula is C9H22. The summed E-state index contributed by atoms with van der Waals surface area (Å²) in [6.45, 7) is 5.44. The van der Waals surface area contributed by atoms with Gasteiger partial charge in [-0.3, -0.25) is 0 Å². The zero-order valence-electron chi connectivity index (χ0n) is 8.95. The first-order valence-electron chi connectivity index (χ1n) is 5.33. The number of hydrogen-bond donors (Lipinski definition) is 0. The molecule has 0 saturated heterocycles. The summed E-state index contributed by atoms with van der Waals surface area (Å²) in [7, 11) is 0. The fraction of sp³-hybridized carbons (Fsp3) is 1.00. The van der Waals surface area contributed by atoms with Gasteiger partial charge in [-0.15, -0.1) is 0 Å². The van der Waals surface area contributed by atoms with Gasteiger partial charge in [-0.1, -0.05) is 59.8 Å². The van der Waals surface area contributed by atoms with E-state index in [2.05, 4.69) is 13.8 Å². The Labute approximate surface area is 63.5 Å². The summed E-state index contributed by atoms with van der Waals surface area (Å²) in [5, 5.41) is 0. The predicted octanol–water partition coefficient (Wildman–Crippen LogP) is 4.00. The fourth-order valence-electron chi connectivity index (χ4n) is 0.250. The van der Waals surface area contributed by atoms with Crippen molar-refractivity contribution in [1.82, 2.24) is 0 Å². The van der Waals surface area contributed by atoms with Gasteiger partial charge in [-0.25, -0.2) is 0 Å². The lowest BCUT2D eigenvalue weighted by Crippen LogP contribution is -1.59. The van der Waals surface area contributed by atoms with Crippen LogP contribution >= 0.6 is 0 Å². The van der Waals surface area contributed by atoms with E-state index in [1.165, 1.54) is 12.8 Å². The zero-order valence-corrected chi connectivity index (χ0v) is 6.95. The fourth-order valence-corrected chi connectivity index (χ4v) is 0.250. The smallest absolute Gasteiger partial charge is 0.0230 e. The van der Waals surface area contributed by atoms with Crippen LogP contribution in [0.15, 0.2) is 0 Å². The molecule has 0 aliphatic heterocycles. The normalized spacial score (nSPS) is 10.9. The molecule has 0 aliphatic carbocycles. The van der Waals surface area contributed by atoms with Crippen molar-refractivity contribution >= 4 is 0 Å². The second kappa shape index (κ2) is 15.7. The van der Waals surface area contributed by atoms with Crippen LogP contribution in [0.5, 0.6) is 0 Å². The van der Waals surface area contributed by atoms with Crippen LogP contribution in [0.2, 0.25) is 0 Å². The average Bonchev–Trinajstić information content (AvgIpc) is 2.04. The largest absolute Gasteiger partial charge is 0.0654 e. The summed E-state index contributed by atoms with van der Waals surface area (Å²) in [5.74, 6) is 0. The average molecular weight is 132 g/mol. The molecule has 0 rings (SSSR count). The zero-order chi connectivity index (χ0) is 8.95. The minimum Gasteiger partial charge on any atom is -0.0654 e. The van der Waals surface area contributed by atoms with Crippen LogP contribution in [0.25, 0.3) is 0 Å². The topological polar surface area (TPSA) is 0 Å². The van der Waals surface area contributed by atoms with Gasteiger partial charge in [0.05, 0.1) is 0 Å². The van der Waals surface area contributed by atoms with Crippen molar-refractivity contribution in [3.63, 3.8) is 0 Å². The molecular weight excluding hydrogens is 108 g/mol. The van der Waals surface area contributed by atoms with Gasteiger partial charge in [0.25, 0.3) is 0 Å². The van der Waals surface area contributed by atoms with Gasteiger partial charge in [0.1, 0.15) is 0 Å². The van der Waals surface area contributed by atoms with E-state index >= 15 is 0 Å². The molecule has 0 heteroatoms. The molecule has 0 N–H and O–H groups in total. The Bertz CT molecular complexity index is 40.8. The van der Waals surface area contributed by atoms with E-state index in [1.54, 1.807) is 0 Å². The summed E-state index contributed by atoms with van der Waals surface area (Å²) in [6, 6.07) is 0. The maximum Gasteiger partial charge on any atom is 0.0230 e. The van der Waals surface area contributed by atoms with E-state index < -0.39 is 0 Å². The molecule has 0 aliphatic rings. The highest BCUT2D eigenvalue weighted by atomic mass is 13.7. The van der Waals surface area contributed by atoms with E-state index in [4.69, 9.17) is 2.74 Å². The first kappa shape index (κ1) is 7.11. The molecule has 0 amide bonds. The molecule has 0 radical (unpaired) electrons. The third-order valence-electron chi connectivity index (χ3n) is 0.957. The summed E-state index contributed by atoms with van der Waals surface area (Å²) in [4.78, 5) is 0. The standard InChI is InChI=1S/C5H12.C4H10/c1-3-5-4-2;1-3-4-2/h3-5H2,1-2H3;3-4H2,1-2H3/i2*1D. The van der Waals surface area contributed by atoms with Crippen molar-refractivity contribution in [2.24, 2.45) is 0 Å². The molecule has 0 aromatic heterocycles. The Morgan fingerprint density at radius 3 is 1.67 bits per heavy atom. The Morgan fingerprint density at radius 1 is 0.889 bits per heavy atom. The predicted molar refractivity (Wildman–Crippen MR) is 45.8 cm³/mol. The monoisotopic (exact) mass is 132 g/mol. The molecule has 0 aromatic rings. The van der Waals surface area contributed by atoms with E-state index in [1.807, 2.05) is 0 Å². The number of rotatable bonds is 3. The van der Waals surface area contributed by atoms with Crippen molar-refractivity contribution in [3.8, 4) is 0 Å². The Morgan fingerprint density at radius 2 is 1.56 bits per heavy atom. The maximum atomic E-state index is 6.71. The Balaban J connectivity index is 0. The van der Waals surface area contributed by atoms with Gasteiger partial charge in [-0.05, 0) is 0 Å². The Hall–Kier alpha value is 0. The van der Waals surface area contributed by atoms with Crippen LogP contribution in [0, 0.1) is 0 Å². The van der Waals surface area contributed by atoms with Crippen LogP contribution in [-0.2, 0) is 0 Å². The van der Waals surface area contributed by atoms with E-state index in [0.717, 1.165) is 19.3 Å². The van der Waals surface area contributed by atoms with Crippen LogP contribution in [0.4, 0.5) is 0 Å². The molecule has 0 heterocycles. The third kappa shape index (κ3) is 32.0. The first-order chi connectivity index (χ1) is 5.33. The lowest BCUT2D eigenvalue weighted by molar-refractivity contribution is 0.772. The van der Waals surface area contributed by atoms with Crippen LogP contribution in [0.3, 0.4) is 0 Å². The van der Waals surface area contributed by atoms with Gasteiger partial charge >= 0.3 is 0 Å². The van der Waals surface area contributed by atoms with Crippen molar-refractivity contribution in [2.75, 3.05) is 0 Å². The molecule has 0 bridgehead atoms. The van der Waals surface area contributed by atoms with Crippen molar-refractivity contribution < 1.29 is 2.74 Å². The van der Waals surface area contributed by atoms with Crippen molar-refractivity contribution in [1.29, 1.82) is 0 Å². The number of unbranched alkanes of at least 4 members (excludes halogenated alkanes) is 3. The lowest BCUT2D eigenvalue weighted by Gasteiger charge is -1.79. The van der Waals surface area contributed by atoms with Gasteiger partial charge in [-0.2, -0.15) is 0 Å². The molecule has 0 unspecified atom stereocenters. The van der Waals surface area contributed by atoms with Crippen LogP contribution in [-0.4, -0.2) is 0 Å². The number of hydrogen-bond acceptors (Lipinski definition) is 0. The highest BCUT2D eigenvalue weighted by Gasteiger charge is 1.68. The highest BCUT2D eigenvalue weighted by Crippen LogP contribution is 1.88. The second-order valence-corrected chi connectivity index (χ2v) is 2.06. The molecule has 0 atom stereocenters. The molecule has 0 spiro atoms. The minimum atomic E-state index is 0.594. The van der Waals surface area contributed by atoms with E-state index in [9.17, 15) is 0 Å². The molecule has 0 aromatic carbocycles. The van der Waals surface area contributed by atoms with Gasteiger partial charge in [0.2, 0.25) is 0 Å². The highest BCUT2D eigenvalue weighted by molar-refractivity contribution is 4.24. The van der Waals surface area contributed by atoms with Gasteiger partial charge in [0, 0.05) is 2.74 Å². The van der Waals surface area contributed by atoms with E-state index in [-0.39, 0.29) is 0 Å². The third-order valence-corrected chi connectivity index (χ3v) is 0.957. The quantitative estimate of drug-likeness (QED) is 0.509. The summed E-state index contributed by atoms with van der Waals surface area (Å²) < 4.78 is 13.3. The molecule has 9 heavy (non-hydrogen) atoms. The van der Waals surface area contributed by atoms with Gasteiger partial charge < -0.3 is 0 Å². The first-order valence-corrected chi connectivity index (χ1v) is 3.91. The Kier molecular flexibility index (Phi) is 12.4. The molecule has 0 nitrogen and oxygen atoms in total. The maximum absolute atomic E-state index is 6.71. The van der Waals surface area contributed by atoms with Gasteiger partial charge in [0.15, 0.2) is 0 Å². The molecule has 0 saturated carbocycles. The lowest BCUT2D eigenvalue weighted by atomic mass is 10.3. The second-order valence-electron chi connectivity index (χ2n) is 2.06. The summed E-state index contributed by atoms with van der Waals surface area (Å²) >= 11 is 0. The van der Waals surface area contributed by atoms with Crippen LogP contribution in [0.1, 0.15) is 62.5 Å². The molecule has 0 fully saturated rings. The van der Waals surface area contributed by atoms with E-state index in [0.29, 0.717) is 13.8 Å². The molecule has 58 valence electrons. The summed E-state index contributed by atoms with van der Waals surface area (Å²) in [6.07, 6.45) is 5.75. The van der Waals surface area contributed by atoms with Crippen LogP contribution < -0.4 is 0 Å². The van der Waals surface area contributed by atoms with Crippen molar-refractivity contribution in [2.45, 2.75) is 59.8 Å². The minimum absolute atomic E-state index is 0.594. The summed E-state index contributed by atoms with van der Waals surface area (Å²) in [5.41, 5.74) is 0. The van der Waals surface area contributed by atoms with Crippen molar-refractivity contribution in [3.05, 3.63) is 0 Å².